The fraction of sp³-hybridized carbons (Fsp3) is 0.353. The minimum atomic E-state index is -0.445. The van der Waals surface area contributed by atoms with Gasteiger partial charge in [-0.15, -0.1) is 0 Å². The number of non-ortho nitro benzene ring substituents is 1. The number of carbonyl (C=O) groups excluding carboxylic acids is 2. The molecule has 9 nitrogen and oxygen atoms in total. The van der Waals surface area contributed by atoms with Crippen molar-refractivity contribution in [3.05, 3.63) is 99.1 Å². The second-order valence-electron chi connectivity index (χ2n) is 11.6. The number of fused-ring (bicyclic) bond motifs is 1. The average molecular weight is 580 g/mol. The van der Waals surface area contributed by atoms with Gasteiger partial charge in [-0.2, -0.15) is 0 Å². The third kappa shape index (κ3) is 6.62. The number of aryl methyl sites for hydroxylation is 1. The number of anilines is 2. The van der Waals surface area contributed by atoms with Crippen molar-refractivity contribution < 1.29 is 14.5 Å². The quantitative estimate of drug-likeness (QED) is 0.172. The van der Waals surface area contributed by atoms with Gasteiger partial charge in [0.15, 0.2) is 0 Å². The van der Waals surface area contributed by atoms with Gasteiger partial charge in [0.1, 0.15) is 0 Å². The molecule has 0 atom stereocenters. The molecule has 0 aliphatic carbocycles. The molecule has 2 saturated heterocycles. The van der Waals surface area contributed by atoms with E-state index in [2.05, 4.69) is 39.8 Å². The second-order valence-corrected chi connectivity index (χ2v) is 11.6. The van der Waals surface area contributed by atoms with Crippen molar-refractivity contribution in [3.8, 4) is 0 Å². The molecule has 0 unspecified atom stereocenters. The summed E-state index contributed by atoms with van der Waals surface area (Å²) in [5, 5.41) is 17.9. The summed E-state index contributed by atoms with van der Waals surface area (Å²) in [6.07, 6.45) is 6.94. The van der Waals surface area contributed by atoms with Gasteiger partial charge >= 0.3 is 0 Å². The van der Waals surface area contributed by atoms with Gasteiger partial charge in [-0.1, -0.05) is 36.4 Å². The Morgan fingerprint density at radius 3 is 2.33 bits per heavy atom. The summed E-state index contributed by atoms with van der Waals surface area (Å²) < 4.78 is 0. The molecule has 3 aliphatic heterocycles. The Morgan fingerprint density at radius 2 is 1.60 bits per heavy atom. The summed E-state index contributed by atoms with van der Waals surface area (Å²) in [6, 6.07) is 20.8. The number of hydrogen-bond donors (Lipinski definition) is 2. The van der Waals surface area contributed by atoms with E-state index < -0.39 is 4.92 Å². The third-order valence-corrected chi connectivity index (χ3v) is 8.59. The summed E-state index contributed by atoms with van der Waals surface area (Å²) in [5.74, 6) is -0.0534. The van der Waals surface area contributed by atoms with E-state index in [1.807, 2.05) is 29.2 Å². The first-order valence-electron chi connectivity index (χ1n) is 15.2. The van der Waals surface area contributed by atoms with E-state index in [0.717, 1.165) is 75.2 Å². The van der Waals surface area contributed by atoms with Crippen molar-refractivity contribution in [2.75, 3.05) is 36.8 Å². The molecule has 0 radical (unpaired) electrons. The SMILES string of the molecule is O=C1Nc2ccc([N+](=O)[O-])cc2/C1=C(/Nc1ccc(CN2CCCC2)cc1)c1ccc(CCCN2CCCCC2=O)cc1. The van der Waals surface area contributed by atoms with Gasteiger partial charge < -0.3 is 15.5 Å². The van der Waals surface area contributed by atoms with E-state index in [-0.39, 0.29) is 17.5 Å². The van der Waals surface area contributed by atoms with Gasteiger partial charge in [0.2, 0.25) is 5.91 Å². The molecule has 2 fully saturated rings. The predicted molar refractivity (Wildman–Crippen MR) is 168 cm³/mol. The van der Waals surface area contributed by atoms with Crippen LogP contribution in [0.1, 0.15) is 60.8 Å². The Balaban J connectivity index is 1.27. The Labute approximate surface area is 251 Å². The number of nitro benzene ring substituents is 1. The Morgan fingerprint density at radius 1 is 0.884 bits per heavy atom. The van der Waals surface area contributed by atoms with Gasteiger partial charge in [0.05, 0.1) is 16.2 Å². The summed E-state index contributed by atoms with van der Waals surface area (Å²) in [4.78, 5) is 41.0. The van der Waals surface area contributed by atoms with Crippen molar-refractivity contribution in [2.45, 2.75) is 51.5 Å². The molecule has 0 aromatic heterocycles. The monoisotopic (exact) mass is 579 g/mol. The van der Waals surface area contributed by atoms with Crippen LogP contribution in [0.5, 0.6) is 0 Å². The van der Waals surface area contributed by atoms with E-state index in [1.165, 1.54) is 30.5 Å². The highest BCUT2D eigenvalue weighted by Crippen LogP contribution is 2.39. The Bertz CT molecular complexity index is 1540. The van der Waals surface area contributed by atoms with Gasteiger partial charge in [-0.3, -0.25) is 24.6 Å². The Kier molecular flexibility index (Phi) is 8.51. The minimum Gasteiger partial charge on any atom is -0.354 e. The van der Waals surface area contributed by atoms with E-state index in [0.29, 0.717) is 28.9 Å². The van der Waals surface area contributed by atoms with Crippen molar-refractivity contribution in [1.29, 1.82) is 0 Å². The molecule has 3 heterocycles. The lowest BCUT2D eigenvalue weighted by Gasteiger charge is -2.26. The van der Waals surface area contributed by atoms with Crippen LogP contribution >= 0.6 is 0 Å². The van der Waals surface area contributed by atoms with Gasteiger partial charge in [0.25, 0.3) is 11.6 Å². The maximum atomic E-state index is 13.3. The number of amides is 2. The van der Waals surface area contributed by atoms with Crippen molar-refractivity contribution >= 4 is 40.1 Å². The zero-order valence-corrected chi connectivity index (χ0v) is 24.3. The van der Waals surface area contributed by atoms with E-state index >= 15 is 0 Å². The molecular weight excluding hydrogens is 542 g/mol. The molecule has 3 aliphatic rings. The van der Waals surface area contributed by atoms with Crippen LogP contribution in [0.3, 0.4) is 0 Å². The first-order valence-corrected chi connectivity index (χ1v) is 15.2. The van der Waals surface area contributed by atoms with Crippen LogP contribution in [-0.4, -0.2) is 52.7 Å². The van der Waals surface area contributed by atoms with Crippen molar-refractivity contribution in [2.24, 2.45) is 0 Å². The van der Waals surface area contributed by atoms with E-state index in [4.69, 9.17) is 0 Å². The minimum absolute atomic E-state index is 0.0686. The zero-order chi connectivity index (χ0) is 29.8. The first kappa shape index (κ1) is 28.6. The van der Waals surface area contributed by atoms with Crippen molar-refractivity contribution in [1.82, 2.24) is 9.80 Å². The van der Waals surface area contributed by atoms with Crippen LogP contribution < -0.4 is 10.6 Å². The number of carbonyl (C=O) groups is 2. The lowest BCUT2D eigenvalue weighted by Crippen LogP contribution is -2.36. The summed E-state index contributed by atoms with van der Waals surface area (Å²) in [6.45, 7) is 4.79. The number of likely N-dealkylation sites (tertiary alicyclic amines) is 2. The molecule has 2 N–H and O–H groups in total. The van der Waals surface area contributed by atoms with Gasteiger partial charge in [0, 0.05) is 55.1 Å². The maximum absolute atomic E-state index is 13.3. The molecule has 0 bridgehead atoms. The van der Waals surface area contributed by atoms with Crippen molar-refractivity contribution in [3.63, 3.8) is 0 Å². The maximum Gasteiger partial charge on any atom is 0.270 e. The Hall–Kier alpha value is -4.50. The number of rotatable bonds is 10. The number of nitro groups is 1. The van der Waals surface area contributed by atoms with E-state index in [9.17, 15) is 19.7 Å². The van der Waals surface area contributed by atoms with Gasteiger partial charge in [-0.25, -0.2) is 0 Å². The predicted octanol–water partition coefficient (Wildman–Crippen LogP) is 6.07. The van der Waals surface area contributed by atoms with E-state index in [1.54, 1.807) is 6.07 Å². The van der Waals surface area contributed by atoms with Crippen LogP contribution in [0.25, 0.3) is 11.3 Å². The number of benzene rings is 3. The number of nitrogens with one attached hydrogen (secondary N) is 2. The van der Waals surface area contributed by atoms with Crippen LogP contribution in [0.15, 0.2) is 66.7 Å². The van der Waals surface area contributed by atoms with Gasteiger partial charge in [-0.05, 0) is 86.5 Å². The largest absolute Gasteiger partial charge is 0.354 e. The second kappa shape index (κ2) is 12.8. The molecule has 43 heavy (non-hydrogen) atoms. The highest BCUT2D eigenvalue weighted by Gasteiger charge is 2.30. The van der Waals surface area contributed by atoms with Crippen LogP contribution in [0.4, 0.5) is 17.1 Å². The average Bonchev–Trinajstić information content (AvgIpc) is 3.64. The lowest BCUT2D eigenvalue weighted by molar-refractivity contribution is -0.384. The number of nitrogens with zero attached hydrogens (tertiary/aromatic N) is 3. The fourth-order valence-corrected chi connectivity index (χ4v) is 6.24. The standard InChI is InChI=1S/C34H37N5O4/c40-31-7-1-2-20-38(31)21-5-6-24-8-12-26(13-9-24)33(32-29-22-28(39(42)43)16-17-30(29)36-34(32)41)35-27-14-10-25(11-15-27)23-37-18-3-4-19-37/h8-17,22,35H,1-7,18-21,23H2,(H,36,41)/b33-32-. The topological polar surface area (TPSA) is 108 Å². The van der Waals surface area contributed by atoms with Crippen LogP contribution in [0, 0.1) is 10.1 Å². The third-order valence-electron chi connectivity index (χ3n) is 8.59. The zero-order valence-electron chi connectivity index (χ0n) is 24.3. The van der Waals surface area contributed by atoms with Crippen LogP contribution in [0.2, 0.25) is 0 Å². The molecule has 0 saturated carbocycles. The van der Waals surface area contributed by atoms with Crippen LogP contribution in [-0.2, 0) is 22.6 Å². The highest BCUT2D eigenvalue weighted by atomic mass is 16.6. The lowest BCUT2D eigenvalue weighted by atomic mass is 9.98. The molecule has 9 heteroatoms. The summed E-state index contributed by atoms with van der Waals surface area (Å²) in [7, 11) is 0. The molecule has 2 amide bonds. The molecular formula is C34H37N5O4. The molecule has 3 aromatic rings. The highest BCUT2D eigenvalue weighted by molar-refractivity contribution is 6.37. The molecule has 0 spiro atoms. The normalized spacial score (nSPS) is 18.0. The molecule has 222 valence electrons. The first-order chi connectivity index (χ1) is 20.9. The smallest absolute Gasteiger partial charge is 0.270 e. The number of piperidine rings is 1. The molecule has 3 aromatic carbocycles. The number of hydrogen-bond acceptors (Lipinski definition) is 6. The fourth-order valence-electron chi connectivity index (χ4n) is 6.24. The summed E-state index contributed by atoms with van der Waals surface area (Å²) >= 11 is 0. The summed E-state index contributed by atoms with van der Waals surface area (Å²) in [5.41, 5.74) is 5.96. The molecule has 6 rings (SSSR count).